The molecule has 1 aromatic heterocycles. The molecule has 256 valence electrons. The third-order valence-corrected chi connectivity index (χ3v) is 7.80. The van der Waals surface area contributed by atoms with Crippen molar-refractivity contribution in [1.29, 1.82) is 0 Å². The first kappa shape index (κ1) is 35.7. The first-order chi connectivity index (χ1) is 22.6. The highest BCUT2D eigenvalue weighted by atomic mass is 19.1. The van der Waals surface area contributed by atoms with E-state index in [1.807, 2.05) is 12.1 Å². The molecule has 0 radical (unpaired) electrons. The summed E-state index contributed by atoms with van der Waals surface area (Å²) in [7, 11) is 0. The lowest BCUT2D eigenvalue weighted by Gasteiger charge is -2.36. The minimum atomic E-state index is -0.870. The predicted octanol–water partition coefficient (Wildman–Crippen LogP) is 2.38. The van der Waals surface area contributed by atoms with E-state index in [9.17, 15) is 9.18 Å². The van der Waals surface area contributed by atoms with E-state index in [2.05, 4.69) is 30.0 Å². The van der Waals surface area contributed by atoms with Crippen LogP contribution in [-0.4, -0.2) is 144 Å². The lowest BCUT2D eigenvalue weighted by molar-refractivity contribution is -0.138. The van der Waals surface area contributed by atoms with Crippen LogP contribution < -0.4 is 15.1 Å². The maximum Gasteiger partial charge on any atom is 0.305 e. The highest BCUT2D eigenvalue weighted by molar-refractivity contribution is 5.66. The summed E-state index contributed by atoms with van der Waals surface area (Å²) in [6.45, 7) is 10.9. The Morgan fingerprint density at radius 2 is 1.48 bits per heavy atom. The molecule has 2 fully saturated rings. The fourth-order valence-corrected chi connectivity index (χ4v) is 5.35. The van der Waals surface area contributed by atoms with Crippen molar-refractivity contribution in [2.24, 2.45) is 0 Å². The van der Waals surface area contributed by atoms with Gasteiger partial charge in [0.1, 0.15) is 23.8 Å². The van der Waals surface area contributed by atoms with Gasteiger partial charge in [0.2, 0.25) is 0 Å². The van der Waals surface area contributed by atoms with Crippen molar-refractivity contribution in [3.8, 4) is 0 Å². The minimum absolute atomic E-state index is 0.000786. The molecule has 4 rings (SSSR count). The Kier molecular flexibility index (Phi) is 16.2. The standard InChI is InChI=1S/C32H49FN6O7/c33-27-3-1-5-29(23-27)39-7-2-4-28(25-39)36-30-24-31(35-26-34-30)38-10-8-37(9-11-38)12-14-43-16-18-45-20-22-46-21-19-44-17-15-42-13-6-32(40)41/h1,3,5,23-24,26,28H,2,4,6-22,25H2,(H,40,41)(H,34,35,36)/t28-/m1/s1. The van der Waals surface area contributed by atoms with Gasteiger partial charge in [0, 0.05) is 63.6 Å². The van der Waals surface area contributed by atoms with Gasteiger partial charge in [0.15, 0.2) is 0 Å². The first-order valence-corrected chi connectivity index (χ1v) is 16.2. The molecule has 2 aromatic rings. The summed E-state index contributed by atoms with van der Waals surface area (Å²) in [6, 6.07) is 9.07. The van der Waals surface area contributed by atoms with Gasteiger partial charge < -0.3 is 43.9 Å². The van der Waals surface area contributed by atoms with Gasteiger partial charge in [-0.05, 0) is 31.0 Å². The molecule has 1 aromatic carbocycles. The maximum atomic E-state index is 13.7. The third kappa shape index (κ3) is 13.7. The summed E-state index contributed by atoms with van der Waals surface area (Å²) in [5.41, 5.74) is 0.920. The van der Waals surface area contributed by atoms with Crippen LogP contribution >= 0.6 is 0 Å². The molecule has 3 heterocycles. The van der Waals surface area contributed by atoms with Gasteiger partial charge in [-0.1, -0.05) is 6.07 Å². The Morgan fingerprint density at radius 1 is 0.826 bits per heavy atom. The zero-order chi connectivity index (χ0) is 32.2. The van der Waals surface area contributed by atoms with E-state index in [-0.39, 0.29) is 24.9 Å². The summed E-state index contributed by atoms with van der Waals surface area (Å²) < 4.78 is 41.0. The Morgan fingerprint density at radius 3 is 2.13 bits per heavy atom. The van der Waals surface area contributed by atoms with E-state index in [0.29, 0.717) is 59.5 Å². The number of ether oxygens (including phenoxy) is 5. The number of piperazine rings is 1. The molecule has 0 unspecified atom stereocenters. The normalized spacial score (nSPS) is 17.4. The van der Waals surface area contributed by atoms with Crippen LogP contribution in [0.2, 0.25) is 0 Å². The van der Waals surface area contributed by atoms with Crippen LogP contribution in [0.4, 0.5) is 21.7 Å². The van der Waals surface area contributed by atoms with Gasteiger partial charge in [-0.25, -0.2) is 14.4 Å². The number of carboxylic acids is 1. The monoisotopic (exact) mass is 648 g/mol. The molecule has 0 spiro atoms. The largest absolute Gasteiger partial charge is 0.481 e. The van der Waals surface area contributed by atoms with E-state index < -0.39 is 5.97 Å². The first-order valence-electron chi connectivity index (χ1n) is 16.2. The molecule has 14 heteroatoms. The van der Waals surface area contributed by atoms with Crippen molar-refractivity contribution in [2.45, 2.75) is 25.3 Å². The van der Waals surface area contributed by atoms with Crippen molar-refractivity contribution >= 4 is 23.3 Å². The highest BCUT2D eigenvalue weighted by Gasteiger charge is 2.22. The van der Waals surface area contributed by atoms with Crippen LogP contribution in [0.15, 0.2) is 36.7 Å². The molecule has 1 atom stereocenters. The molecule has 2 N–H and O–H groups in total. The van der Waals surface area contributed by atoms with Crippen molar-refractivity contribution in [3.05, 3.63) is 42.5 Å². The Bertz CT molecular complexity index is 1140. The number of aromatic nitrogens is 2. The van der Waals surface area contributed by atoms with Gasteiger partial charge in [-0.15, -0.1) is 0 Å². The smallest absolute Gasteiger partial charge is 0.305 e. The second-order valence-corrected chi connectivity index (χ2v) is 11.2. The number of hydrogen-bond donors (Lipinski definition) is 2. The molecule has 13 nitrogen and oxygen atoms in total. The van der Waals surface area contributed by atoms with Crippen LogP contribution in [0, 0.1) is 5.82 Å². The average Bonchev–Trinajstić information content (AvgIpc) is 3.06. The predicted molar refractivity (Wildman–Crippen MR) is 172 cm³/mol. The molecule has 0 bridgehead atoms. The highest BCUT2D eigenvalue weighted by Crippen LogP contribution is 2.23. The number of carbonyl (C=O) groups is 1. The van der Waals surface area contributed by atoms with Gasteiger partial charge in [-0.3, -0.25) is 9.69 Å². The fraction of sp³-hybridized carbons (Fsp3) is 0.656. The lowest BCUT2D eigenvalue weighted by atomic mass is 10.0. The molecule has 0 aliphatic carbocycles. The SMILES string of the molecule is O=C(O)CCOCCOCCOCCOCCOCCN1CCN(c2cc(N[C@@H]3CCCN(c4cccc(F)c4)C3)ncn2)CC1. The lowest BCUT2D eigenvalue weighted by Crippen LogP contribution is -2.47. The number of anilines is 3. The van der Waals surface area contributed by atoms with E-state index in [4.69, 9.17) is 28.8 Å². The van der Waals surface area contributed by atoms with Crippen molar-refractivity contribution < 1.29 is 38.0 Å². The second-order valence-electron chi connectivity index (χ2n) is 11.2. The molecule has 0 amide bonds. The number of rotatable bonds is 22. The van der Waals surface area contributed by atoms with Crippen LogP contribution in [0.3, 0.4) is 0 Å². The summed E-state index contributed by atoms with van der Waals surface area (Å²) in [4.78, 5) is 26.3. The number of piperidine rings is 1. The van der Waals surface area contributed by atoms with Gasteiger partial charge >= 0.3 is 5.97 Å². The Labute approximate surface area is 270 Å². The minimum Gasteiger partial charge on any atom is -0.481 e. The van der Waals surface area contributed by atoms with E-state index >= 15 is 0 Å². The average molecular weight is 649 g/mol. The molecular formula is C32H49FN6O7. The van der Waals surface area contributed by atoms with Crippen LogP contribution in [0.1, 0.15) is 19.3 Å². The summed E-state index contributed by atoms with van der Waals surface area (Å²) in [5.74, 6) is 0.676. The number of nitrogens with one attached hydrogen (secondary N) is 1. The van der Waals surface area contributed by atoms with Gasteiger partial charge in [0.25, 0.3) is 0 Å². The zero-order valence-corrected chi connectivity index (χ0v) is 26.7. The number of aliphatic carboxylic acids is 1. The summed E-state index contributed by atoms with van der Waals surface area (Å²) in [5, 5.41) is 12.1. The fourth-order valence-electron chi connectivity index (χ4n) is 5.35. The van der Waals surface area contributed by atoms with Crippen LogP contribution in [-0.2, 0) is 28.5 Å². The summed E-state index contributed by atoms with van der Waals surface area (Å²) >= 11 is 0. The van der Waals surface area contributed by atoms with E-state index in [0.717, 1.165) is 76.0 Å². The van der Waals surface area contributed by atoms with E-state index in [1.54, 1.807) is 18.5 Å². The van der Waals surface area contributed by atoms with Crippen LogP contribution in [0.25, 0.3) is 0 Å². The quantitative estimate of drug-likeness (QED) is 0.181. The van der Waals surface area contributed by atoms with Crippen molar-refractivity contribution in [3.63, 3.8) is 0 Å². The molecule has 0 saturated carbocycles. The molecular weight excluding hydrogens is 599 g/mol. The molecule has 2 aliphatic heterocycles. The maximum absolute atomic E-state index is 13.7. The molecule has 2 saturated heterocycles. The third-order valence-electron chi connectivity index (χ3n) is 7.80. The number of nitrogens with zero attached hydrogens (tertiary/aromatic N) is 5. The van der Waals surface area contributed by atoms with Gasteiger partial charge in [-0.2, -0.15) is 0 Å². The molecule has 46 heavy (non-hydrogen) atoms. The Balaban J connectivity index is 0.989. The number of halogens is 1. The number of carboxylic acid groups (broad SMARTS) is 1. The Hall–Kier alpha value is -3.14. The molecule has 2 aliphatic rings. The van der Waals surface area contributed by atoms with Crippen molar-refractivity contribution in [2.75, 3.05) is 127 Å². The topological polar surface area (TPSA) is 131 Å². The van der Waals surface area contributed by atoms with Crippen molar-refractivity contribution in [1.82, 2.24) is 14.9 Å². The second kappa shape index (κ2) is 20.9. The zero-order valence-electron chi connectivity index (χ0n) is 26.7. The number of benzene rings is 1. The number of hydrogen-bond acceptors (Lipinski definition) is 12. The summed E-state index contributed by atoms with van der Waals surface area (Å²) in [6.07, 6.45) is 3.71. The van der Waals surface area contributed by atoms with E-state index in [1.165, 1.54) is 6.07 Å². The van der Waals surface area contributed by atoms with Crippen LogP contribution in [0.5, 0.6) is 0 Å². The van der Waals surface area contributed by atoms with Gasteiger partial charge in [0.05, 0.1) is 72.5 Å².